The minimum atomic E-state index is -0.398. The molecule has 0 spiro atoms. The van der Waals surface area contributed by atoms with Crippen molar-refractivity contribution in [3.63, 3.8) is 0 Å². The Morgan fingerprint density at radius 3 is 2.60 bits per heavy atom. The summed E-state index contributed by atoms with van der Waals surface area (Å²) in [5.74, 6) is 1.00. The molecule has 0 saturated carbocycles. The van der Waals surface area contributed by atoms with Crippen molar-refractivity contribution < 1.29 is 9.53 Å². The van der Waals surface area contributed by atoms with Gasteiger partial charge in [0.25, 0.3) is 5.91 Å². The second-order valence-electron chi connectivity index (χ2n) is 7.00. The maximum Gasteiger partial charge on any atom is 0.255 e. The Hall–Kier alpha value is -3.26. The number of nitrogens with one attached hydrogen (secondary N) is 2. The van der Waals surface area contributed by atoms with Gasteiger partial charge in [0, 0.05) is 5.70 Å². The van der Waals surface area contributed by atoms with Gasteiger partial charge in [-0.1, -0.05) is 53.7 Å². The molecule has 3 aromatic rings. The standard InChI is InChI=1S/C22H23N5O2S/c1-13-9-11-15(12-10-13)19-18(14(2)23-21-25-22(30-4)26-27(19)21)20(28)24-16-7-5-6-8-17(16)29-3/h5-12,19H,1-4H3,(H,24,28)(H,23,25,26)/t19-/m1/s1. The lowest BCUT2D eigenvalue weighted by Crippen LogP contribution is -2.31. The number of hydrogen-bond donors (Lipinski definition) is 2. The number of benzene rings is 2. The number of fused-ring (bicyclic) bond motifs is 1. The summed E-state index contributed by atoms with van der Waals surface area (Å²) in [6.45, 7) is 3.92. The van der Waals surface area contributed by atoms with Crippen molar-refractivity contribution in [2.75, 3.05) is 24.0 Å². The number of methoxy groups -OCH3 is 1. The normalized spacial score (nSPS) is 15.4. The van der Waals surface area contributed by atoms with Crippen LogP contribution >= 0.6 is 11.8 Å². The third kappa shape index (κ3) is 3.66. The Balaban J connectivity index is 1.79. The molecule has 154 valence electrons. The molecule has 7 nitrogen and oxygen atoms in total. The van der Waals surface area contributed by atoms with Crippen molar-refractivity contribution in [1.29, 1.82) is 0 Å². The molecular weight excluding hydrogens is 398 g/mol. The Bertz CT molecular complexity index is 1120. The van der Waals surface area contributed by atoms with Gasteiger partial charge in [-0.2, -0.15) is 4.98 Å². The number of nitrogens with zero attached hydrogens (tertiary/aromatic N) is 3. The Morgan fingerprint density at radius 2 is 1.90 bits per heavy atom. The molecular formula is C22H23N5O2S. The maximum atomic E-state index is 13.5. The second-order valence-corrected chi connectivity index (χ2v) is 7.77. The number of aromatic nitrogens is 3. The van der Waals surface area contributed by atoms with Crippen LogP contribution in [0.5, 0.6) is 5.75 Å². The first-order valence-corrected chi connectivity index (χ1v) is 10.7. The van der Waals surface area contributed by atoms with E-state index in [1.807, 2.05) is 68.6 Å². The Morgan fingerprint density at radius 1 is 1.17 bits per heavy atom. The number of carbonyl (C=O) groups excluding carboxylic acids is 1. The molecule has 0 bridgehead atoms. The molecule has 4 rings (SSSR count). The summed E-state index contributed by atoms with van der Waals surface area (Å²) < 4.78 is 7.16. The van der Waals surface area contributed by atoms with Gasteiger partial charge in [-0.3, -0.25) is 4.79 Å². The lowest BCUT2D eigenvalue weighted by atomic mass is 9.94. The summed E-state index contributed by atoms with van der Waals surface area (Å²) in [4.78, 5) is 18.0. The van der Waals surface area contributed by atoms with E-state index in [1.165, 1.54) is 11.8 Å². The predicted molar refractivity (Wildman–Crippen MR) is 119 cm³/mol. The van der Waals surface area contributed by atoms with Gasteiger partial charge in [-0.25, -0.2) is 4.68 Å². The lowest BCUT2D eigenvalue weighted by Gasteiger charge is -2.29. The Labute approximate surface area is 179 Å². The summed E-state index contributed by atoms with van der Waals surface area (Å²) in [6, 6.07) is 15.1. The van der Waals surface area contributed by atoms with E-state index >= 15 is 0 Å². The second kappa shape index (κ2) is 8.23. The van der Waals surface area contributed by atoms with Crippen LogP contribution in [0.2, 0.25) is 0 Å². The highest BCUT2D eigenvalue weighted by Gasteiger charge is 2.34. The number of para-hydroxylation sites is 2. The van der Waals surface area contributed by atoms with Gasteiger partial charge in [0.1, 0.15) is 11.8 Å². The molecule has 1 atom stereocenters. The van der Waals surface area contributed by atoms with Crippen LogP contribution in [0.15, 0.2) is 65.0 Å². The summed E-state index contributed by atoms with van der Waals surface area (Å²) in [5, 5.41) is 11.5. The zero-order valence-corrected chi connectivity index (χ0v) is 18.1. The van der Waals surface area contributed by atoms with Crippen LogP contribution in [0.1, 0.15) is 24.1 Å². The van der Waals surface area contributed by atoms with Crippen LogP contribution in [0.25, 0.3) is 0 Å². The van der Waals surface area contributed by atoms with Crippen molar-refractivity contribution in [3.05, 3.63) is 70.9 Å². The summed E-state index contributed by atoms with van der Waals surface area (Å²) in [5.41, 5.74) is 4.04. The van der Waals surface area contributed by atoms with E-state index in [2.05, 4.69) is 20.7 Å². The van der Waals surface area contributed by atoms with Gasteiger partial charge >= 0.3 is 0 Å². The van der Waals surface area contributed by atoms with Crippen molar-refractivity contribution in [1.82, 2.24) is 14.8 Å². The number of thioether (sulfide) groups is 1. The molecule has 1 aromatic heterocycles. The molecule has 2 heterocycles. The van der Waals surface area contributed by atoms with Crippen molar-refractivity contribution in [2.45, 2.75) is 25.0 Å². The number of rotatable bonds is 5. The first kappa shape index (κ1) is 20.0. The number of ether oxygens (including phenoxy) is 1. The van der Waals surface area contributed by atoms with Gasteiger partial charge in [0.05, 0.1) is 18.4 Å². The van der Waals surface area contributed by atoms with Crippen LogP contribution in [0, 0.1) is 6.92 Å². The molecule has 1 amide bonds. The van der Waals surface area contributed by atoms with Crippen molar-refractivity contribution in [3.8, 4) is 5.75 Å². The quantitative estimate of drug-likeness (QED) is 0.600. The highest BCUT2D eigenvalue weighted by Crippen LogP contribution is 2.37. The van der Waals surface area contributed by atoms with E-state index < -0.39 is 6.04 Å². The topological polar surface area (TPSA) is 81.1 Å². The summed E-state index contributed by atoms with van der Waals surface area (Å²) in [7, 11) is 1.58. The van der Waals surface area contributed by atoms with Crippen LogP contribution in [0.4, 0.5) is 11.6 Å². The van der Waals surface area contributed by atoms with E-state index in [0.29, 0.717) is 28.1 Å². The summed E-state index contributed by atoms with van der Waals surface area (Å²) >= 11 is 1.46. The Kier molecular flexibility index (Phi) is 5.50. The minimum Gasteiger partial charge on any atom is -0.495 e. The van der Waals surface area contributed by atoms with Gasteiger partial charge in [0.2, 0.25) is 11.1 Å². The first-order chi connectivity index (χ1) is 14.5. The van der Waals surface area contributed by atoms with Crippen LogP contribution in [0.3, 0.4) is 0 Å². The first-order valence-electron chi connectivity index (χ1n) is 9.51. The minimum absolute atomic E-state index is 0.220. The number of hydrogen-bond acceptors (Lipinski definition) is 6. The van der Waals surface area contributed by atoms with Crippen molar-refractivity contribution in [2.24, 2.45) is 0 Å². The third-order valence-electron chi connectivity index (χ3n) is 5.01. The SMILES string of the molecule is COc1ccccc1NC(=O)C1=C(C)Nc2nc(SC)nn2[C@@H]1c1ccc(C)cc1. The fourth-order valence-corrected chi connectivity index (χ4v) is 3.85. The maximum absolute atomic E-state index is 13.5. The van der Waals surface area contributed by atoms with Gasteiger partial charge in [-0.15, -0.1) is 5.10 Å². The number of allylic oxidation sites excluding steroid dienone is 1. The highest BCUT2D eigenvalue weighted by atomic mass is 32.2. The predicted octanol–water partition coefficient (Wildman–Crippen LogP) is 4.24. The van der Waals surface area contributed by atoms with Crippen LogP contribution in [-0.4, -0.2) is 34.0 Å². The van der Waals surface area contributed by atoms with E-state index in [0.717, 1.165) is 16.8 Å². The fraction of sp³-hybridized carbons (Fsp3) is 0.227. The molecule has 0 fully saturated rings. The number of anilines is 2. The van der Waals surface area contributed by atoms with Crippen LogP contribution in [-0.2, 0) is 4.79 Å². The van der Waals surface area contributed by atoms with Gasteiger partial charge in [0.15, 0.2) is 0 Å². The number of aryl methyl sites for hydroxylation is 1. The number of amides is 1. The smallest absolute Gasteiger partial charge is 0.255 e. The van der Waals surface area contributed by atoms with Gasteiger partial charge in [-0.05, 0) is 37.8 Å². The van der Waals surface area contributed by atoms with Crippen LogP contribution < -0.4 is 15.4 Å². The van der Waals surface area contributed by atoms with E-state index in [-0.39, 0.29) is 5.91 Å². The molecule has 8 heteroatoms. The molecule has 30 heavy (non-hydrogen) atoms. The molecule has 2 N–H and O–H groups in total. The molecule has 1 aliphatic rings. The average molecular weight is 422 g/mol. The molecule has 0 saturated heterocycles. The zero-order chi connectivity index (χ0) is 21.3. The van der Waals surface area contributed by atoms with E-state index in [9.17, 15) is 4.79 Å². The fourth-order valence-electron chi connectivity index (χ4n) is 3.51. The number of carbonyl (C=O) groups is 1. The average Bonchev–Trinajstić information content (AvgIpc) is 3.16. The molecule has 0 aliphatic carbocycles. The molecule has 2 aromatic carbocycles. The van der Waals surface area contributed by atoms with E-state index in [4.69, 9.17) is 4.74 Å². The van der Waals surface area contributed by atoms with E-state index in [1.54, 1.807) is 11.8 Å². The molecule has 1 aliphatic heterocycles. The highest BCUT2D eigenvalue weighted by molar-refractivity contribution is 7.98. The third-order valence-corrected chi connectivity index (χ3v) is 5.55. The molecule has 0 unspecified atom stereocenters. The monoisotopic (exact) mass is 421 g/mol. The van der Waals surface area contributed by atoms with Crippen molar-refractivity contribution >= 4 is 29.3 Å². The molecule has 0 radical (unpaired) electrons. The lowest BCUT2D eigenvalue weighted by molar-refractivity contribution is -0.113. The summed E-state index contributed by atoms with van der Waals surface area (Å²) in [6.07, 6.45) is 1.93. The van der Waals surface area contributed by atoms with Gasteiger partial charge < -0.3 is 15.4 Å². The zero-order valence-electron chi connectivity index (χ0n) is 17.3. The largest absolute Gasteiger partial charge is 0.495 e.